The van der Waals surface area contributed by atoms with Crippen molar-refractivity contribution < 1.29 is 19.1 Å². The van der Waals surface area contributed by atoms with Gasteiger partial charge in [0.25, 0.3) is 11.8 Å². The first-order chi connectivity index (χ1) is 13.7. The van der Waals surface area contributed by atoms with Crippen LogP contribution < -0.4 is 21.1 Å². The second kappa shape index (κ2) is 7.79. The maximum Gasteiger partial charge on any atom is 0.261 e. The number of methoxy groups -OCH3 is 1. The summed E-state index contributed by atoms with van der Waals surface area (Å²) in [5, 5.41) is 5.32. The van der Waals surface area contributed by atoms with Crippen molar-refractivity contribution in [3.63, 3.8) is 0 Å². The number of nitrogens with two attached hydrogens (primary N) is 1. The number of rotatable bonds is 5. The number of ether oxygens (including phenoxy) is 1. The lowest BCUT2D eigenvalue weighted by Gasteiger charge is -2.34. The fraction of sp³-hybridized carbons (Fsp3) is 0.227. The van der Waals surface area contributed by atoms with Crippen LogP contribution in [-0.2, 0) is 14.4 Å². The van der Waals surface area contributed by atoms with E-state index in [0.717, 1.165) is 5.56 Å². The van der Waals surface area contributed by atoms with Crippen LogP contribution in [-0.4, -0.2) is 30.4 Å². The van der Waals surface area contributed by atoms with Crippen molar-refractivity contribution in [1.29, 1.82) is 0 Å². The minimum absolute atomic E-state index is 0.0385. The topological polar surface area (TPSA) is 111 Å². The summed E-state index contributed by atoms with van der Waals surface area (Å²) in [7, 11) is 1.55. The van der Waals surface area contributed by atoms with Gasteiger partial charge in [0.15, 0.2) is 0 Å². The highest BCUT2D eigenvalue weighted by atomic mass is 16.5. The zero-order valence-corrected chi connectivity index (χ0v) is 16.5. The van der Waals surface area contributed by atoms with E-state index in [1.54, 1.807) is 38.3 Å². The maximum absolute atomic E-state index is 13.0. The van der Waals surface area contributed by atoms with Crippen LogP contribution in [0.15, 0.2) is 54.1 Å². The van der Waals surface area contributed by atoms with Crippen LogP contribution in [0.2, 0.25) is 0 Å². The van der Waals surface area contributed by atoms with Crippen LogP contribution in [0.3, 0.4) is 0 Å². The molecule has 0 spiro atoms. The number of benzene rings is 2. The largest absolute Gasteiger partial charge is 0.497 e. The van der Waals surface area contributed by atoms with Gasteiger partial charge in [-0.2, -0.15) is 0 Å². The summed E-state index contributed by atoms with van der Waals surface area (Å²) in [5.74, 6) is -1.21. The Morgan fingerprint density at radius 1 is 1.10 bits per heavy atom. The number of primary amides is 1. The molecule has 1 heterocycles. The summed E-state index contributed by atoms with van der Waals surface area (Å²) in [6, 6.07) is 14.2. The van der Waals surface area contributed by atoms with E-state index in [2.05, 4.69) is 10.6 Å². The molecule has 0 saturated carbocycles. The van der Waals surface area contributed by atoms with Gasteiger partial charge in [-0.3, -0.25) is 14.4 Å². The zero-order chi connectivity index (χ0) is 21.2. The van der Waals surface area contributed by atoms with Gasteiger partial charge in [0, 0.05) is 12.1 Å². The lowest BCUT2D eigenvalue weighted by atomic mass is 9.81. The van der Waals surface area contributed by atoms with Crippen molar-refractivity contribution in [3.8, 4) is 5.75 Å². The number of hydrogen-bond donors (Lipinski definition) is 3. The average Bonchev–Trinajstić information content (AvgIpc) is 2.68. The molecule has 29 heavy (non-hydrogen) atoms. The van der Waals surface area contributed by atoms with Gasteiger partial charge in [0.05, 0.1) is 7.11 Å². The third-order valence-electron chi connectivity index (χ3n) is 4.97. The summed E-state index contributed by atoms with van der Waals surface area (Å²) >= 11 is 0. The van der Waals surface area contributed by atoms with E-state index >= 15 is 0 Å². The molecule has 7 heteroatoms. The molecule has 2 aromatic carbocycles. The van der Waals surface area contributed by atoms with Crippen molar-refractivity contribution in [3.05, 3.63) is 65.2 Å². The van der Waals surface area contributed by atoms with Crippen molar-refractivity contribution in [2.45, 2.75) is 25.8 Å². The van der Waals surface area contributed by atoms with Crippen molar-refractivity contribution in [1.82, 2.24) is 5.32 Å². The maximum atomic E-state index is 13.0. The second-order valence-electron chi connectivity index (χ2n) is 7.23. The molecule has 150 valence electrons. The third-order valence-corrected chi connectivity index (χ3v) is 4.97. The van der Waals surface area contributed by atoms with Gasteiger partial charge < -0.3 is 21.1 Å². The molecule has 4 N–H and O–H groups in total. The first-order valence-corrected chi connectivity index (χ1v) is 9.11. The molecule has 1 atom stereocenters. The average molecular weight is 393 g/mol. The van der Waals surface area contributed by atoms with Gasteiger partial charge in [0.1, 0.15) is 16.9 Å². The number of hydrogen-bond acceptors (Lipinski definition) is 4. The van der Waals surface area contributed by atoms with E-state index in [1.807, 2.05) is 31.2 Å². The van der Waals surface area contributed by atoms with Gasteiger partial charge in [-0.25, -0.2) is 0 Å². The van der Waals surface area contributed by atoms with Gasteiger partial charge in [-0.1, -0.05) is 29.8 Å². The minimum atomic E-state index is -1.28. The number of amides is 3. The highest BCUT2D eigenvalue weighted by Gasteiger charge is 2.42. The summed E-state index contributed by atoms with van der Waals surface area (Å²) in [5.41, 5.74) is 6.92. The molecule has 0 aromatic heterocycles. The Balaban J connectivity index is 2.03. The second-order valence-corrected chi connectivity index (χ2v) is 7.23. The summed E-state index contributed by atoms with van der Waals surface area (Å²) in [6.45, 7) is 3.50. The fourth-order valence-corrected chi connectivity index (χ4v) is 3.19. The summed E-state index contributed by atoms with van der Waals surface area (Å²) < 4.78 is 5.11. The molecule has 0 saturated heterocycles. The van der Waals surface area contributed by atoms with E-state index in [4.69, 9.17) is 10.5 Å². The lowest BCUT2D eigenvalue weighted by molar-refractivity contribution is -0.130. The van der Waals surface area contributed by atoms with Gasteiger partial charge >= 0.3 is 0 Å². The molecule has 1 unspecified atom stereocenters. The van der Waals surface area contributed by atoms with E-state index in [1.165, 1.54) is 0 Å². The van der Waals surface area contributed by atoms with Crippen LogP contribution in [0.4, 0.5) is 5.69 Å². The highest BCUT2D eigenvalue weighted by Crippen LogP contribution is 2.33. The molecule has 2 aromatic rings. The van der Waals surface area contributed by atoms with Gasteiger partial charge in [-0.15, -0.1) is 0 Å². The Kier molecular flexibility index (Phi) is 5.41. The Labute approximate surface area is 168 Å². The predicted molar refractivity (Wildman–Crippen MR) is 110 cm³/mol. The Morgan fingerprint density at radius 2 is 1.72 bits per heavy atom. The van der Waals surface area contributed by atoms with E-state index < -0.39 is 23.3 Å². The van der Waals surface area contributed by atoms with Crippen molar-refractivity contribution >= 4 is 29.0 Å². The molecular weight excluding hydrogens is 370 g/mol. The number of aryl methyl sites for hydroxylation is 1. The van der Waals surface area contributed by atoms with Crippen LogP contribution in [0.1, 0.15) is 24.5 Å². The molecule has 3 rings (SSSR count). The number of carbonyl (C=O) groups is 3. The van der Waals surface area contributed by atoms with E-state index in [9.17, 15) is 14.4 Å². The van der Waals surface area contributed by atoms with E-state index in [0.29, 0.717) is 22.6 Å². The first kappa shape index (κ1) is 20.1. The normalized spacial score (nSPS) is 18.8. The Bertz CT molecular complexity index is 994. The molecule has 1 aliphatic rings. The number of anilines is 1. The minimum Gasteiger partial charge on any atom is -0.497 e. The predicted octanol–water partition coefficient (Wildman–Crippen LogP) is 2.16. The fourth-order valence-electron chi connectivity index (χ4n) is 3.19. The van der Waals surface area contributed by atoms with Gasteiger partial charge in [-0.05, 0) is 49.2 Å². The zero-order valence-electron chi connectivity index (χ0n) is 16.5. The Morgan fingerprint density at radius 3 is 2.28 bits per heavy atom. The quantitative estimate of drug-likeness (QED) is 0.676. The van der Waals surface area contributed by atoms with Crippen LogP contribution in [0, 0.1) is 6.92 Å². The highest BCUT2D eigenvalue weighted by molar-refractivity contribution is 6.29. The van der Waals surface area contributed by atoms with Crippen LogP contribution in [0.25, 0.3) is 5.57 Å². The van der Waals surface area contributed by atoms with Crippen LogP contribution in [0.5, 0.6) is 5.75 Å². The molecule has 0 bridgehead atoms. The summed E-state index contributed by atoms with van der Waals surface area (Å²) in [4.78, 5) is 37.8. The molecule has 0 fully saturated rings. The third kappa shape index (κ3) is 4.13. The molecule has 7 nitrogen and oxygen atoms in total. The number of carbonyl (C=O) groups excluding carboxylic acids is 3. The lowest BCUT2D eigenvalue weighted by Crippen LogP contribution is -2.58. The van der Waals surface area contributed by atoms with Crippen LogP contribution >= 0.6 is 0 Å². The standard InChI is InChI=1S/C22H23N3O4/c1-13-4-6-14(7-5-13)17-12-22(2,21(23)28)25-20(27)18(17)19(26)24-15-8-10-16(29-3)11-9-15/h4-11H,12H2,1-3H3,(H2,23,28)(H,24,26)(H,25,27). The van der Waals surface area contributed by atoms with Crippen molar-refractivity contribution in [2.24, 2.45) is 5.73 Å². The molecule has 3 amide bonds. The molecule has 1 aliphatic heterocycles. The van der Waals surface area contributed by atoms with Crippen molar-refractivity contribution in [2.75, 3.05) is 12.4 Å². The molecular formula is C22H23N3O4. The van der Waals surface area contributed by atoms with Gasteiger partial charge in [0.2, 0.25) is 5.91 Å². The molecule has 0 radical (unpaired) electrons. The Hall–Kier alpha value is -3.61. The first-order valence-electron chi connectivity index (χ1n) is 9.11. The summed E-state index contributed by atoms with van der Waals surface area (Å²) in [6.07, 6.45) is 0.114. The monoisotopic (exact) mass is 393 g/mol. The smallest absolute Gasteiger partial charge is 0.261 e. The number of nitrogens with one attached hydrogen (secondary N) is 2. The van der Waals surface area contributed by atoms with E-state index in [-0.39, 0.29) is 12.0 Å². The SMILES string of the molecule is COc1ccc(NC(=O)C2=C(c3ccc(C)cc3)CC(C)(C(N)=O)NC2=O)cc1. The molecule has 0 aliphatic carbocycles.